The van der Waals surface area contributed by atoms with Gasteiger partial charge in [-0.3, -0.25) is 4.79 Å². The topological polar surface area (TPSA) is 26.3 Å². The van der Waals surface area contributed by atoms with Gasteiger partial charge in [0.15, 0.2) is 0 Å². The summed E-state index contributed by atoms with van der Waals surface area (Å²) in [6.45, 7) is 2.95. The van der Waals surface area contributed by atoms with Gasteiger partial charge in [0.2, 0.25) is 0 Å². The molecule has 68 valence electrons. The lowest BCUT2D eigenvalue weighted by molar-refractivity contribution is -0.137. The van der Waals surface area contributed by atoms with Crippen LogP contribution in [-0.4, -0.2) is 12.6 Å². The van der Waals surface area contributed by atoms with E-state index in [9.17, 15) is 4.79 Å². The van der Waals surface area contributed by atoms with Gasteiger partial charge in [0, 0.05) is 5.41 Å². The van der Waals surface area contributed by atoms with Crippen molar-refractivity contribution in [1.29, 1.82) is 0 Å². The summed E-state index contributed by atoms with van der Waals surface area (Å²) in [4.78, 5) is 11.0. The predicted octanol–water partition coefficient (Wildman–Crippen LogP) is 2.13. The van der Waals surface area contributed by atoms with E-state index in [2.05, 4.69) is 6.92 Å². The SMILES string of the molecule is CC1CCCCC12COC(=O)C2. The standard InChI is InChI=1S/C10H16O2/c1-8-4-2-3-5-10(8)6-9(11)12-7-10/h8H,2-7H2,1H3. The number of esters is 1. The Bertz CT molecular complexity index is 200. The molecule has 2 unspecified atom stereocenters. The van der Waals surface area contributed by atoms with Gasteiger partial charge in [-0.15, -0.1) is 0 Å². The molecule has 1 saturated carbocycles. The minimum atomic E-state index is 0.0174. The molecule has 0 amide bonds. The van der Waals surface area contributed by atoms with Crippen molar-refractivity contribution >= 4 is 5.97 Å². The lowest BCUT2D eigenvalue weighted by Crippen LogP contribution is -2.32. The van der Waals surface area contributed by atoms with Crippen LogP contribution in [0, 0.1) is 11.3 Å². The average molecular weight is 168 g/mol. The van der Waals surface area contributed by atoms with Gasteiger partial charge in [-0.1, -0.05) is 26.2 Å². The van der Waals surface area contributed by atoms with E-state index >= 15 is 0 Å². The summed E-state index contributed by atoms with van der Waals surface area (Å²) in [6, 6.07) is 0. The molecule has 1 saturated heterocycles. The van der Waals surface area contributed by atoms with Gasteiger partial charge in [0.1, 0.15) is 0 Å². The fourth-order valence-corrected chi connectivity index (χ4v) is 2.57. The molecule has 0 aromatic heterocycles. The van der Waals surface area contributed by atoms with Crippen LogP contribution >= 0.6 is 0 Å². The molecule has 0 bridgehead atoms. The number of ether oxygens (including phenoxy) is 1. The van der Waals surface area contributed by atoms with E-state index in [0.717, 1.165) is 0 Å². The Morgan fingerprint density at radius 2 is 2.33 bits per heavy atom. The van der Waals surface area contributed by atoms with Crippen molar-refractivity contribution in [2.75, 3.05) is 6.61 Å². The largest absolute Gasteiger partial charge is 0.465 e. The van der Waals surface area contributed by atoms with Gasteiger partial charge < -0.3 is 4.74 Å². The summed E-state index contributed by atoms with van der Waals surface area (Å²) < 4.78 is 5.08. The lowest BCUT2D eigenvalue weighted by Gasteiger charge is -2.36. The summed E-state index contributed by atoms with van der Waals surface area (Å²) in [5.74, 6) is 0.696. The molecule has 1 heterocycles. The molecule has 2 rings (SSSR count). The molecule has 0 aromatic carbocycles. The third kappa shape index (κ3) is 1.13. The van der Waals surface area contributed by atoms with Crippen molar-refractivity contribution in [3.05, 3.63) is 0 Å². The number of carbonyl (C=O) groups excluding carboxylic acids is 1. The van der Waals surface area contributed by atoms with Gasteiger partial charge in [0.05, 0.1) is 13.0 Å². The molecule has 2 aliphatic rings. The monoisotopic (exact) mass is 168 g/mol. The van der Waals surface area contributed by atoms with E-state index in [4.69, 9.17) is 4.74 Å². The molecular formula is C10H16O2. The average Bonchev–Trinajstić information content (AvgIpc) is 2.41. The first-order valence-corrected chi connectivity index (χ1v) is 4.89. The summed E-state index contributed by atoms with van der Waals surface area (Å²) >= 11 is 0. The number of carbonyl (C=O) groups is 1. The van der Waals surface area contributed by atoms with E-state index in [-0.39, 0.29) is 11.4 Å². The second kappa shape index (κ2) is 2.75. The van der Waals surface area contributed by atoms with Crippen LogP contribution in [0.1, 0.15) is 39.0 Å². The zero-order valence-corrected chi connectivity index (χ0v) is 7.64. The van der Waals surface area contributed by atoms with Crippen molar-refractivity contribution in [3.63, 3.8) is 0 Å². The molecule has 0 N–H and O–H groups in total. The molecule has 1 aliphatic carbocycles. The predicted molar refractivity (Wildman–Crippen MR) is 45.6 cm³/mol. The third-order valence-electron chi connectivity index (χ3n) is 3.62. The maximum atomic E-state index is 11.0. The van der Waals surface area contributed by atoms with Crippen molar-refractivity contribution in [3.8, 4) is 0 Å². The van der Waals surface area contributed by atoms with Crippen molar-refractivity contribution < 1.29 is 9.53 Å². The molecule has 1 spiro atoms. The van der Waals surface area contributed by atoms with Crippen LogP contribution in [0.4, 0.5) is 0 Å². The maximum Gasteiger partial charge on any atom is 0.306 e. The molecule has 2 atom stereocenters. The second-order valence-electron chi connectivity index (χ2n) is 4.35. The van der Waals surface area contributed by atoms with Crippen molar-refractivity contribution in [2.45, 2.75) is 39.0 Å². The van der Waals surface area contributed by atoms with Crippen molar-refractivity contribution in [2.24, 2.45) is 11.3 Å². The molecule has 0 radical (unpaired) electrons. The fraction of sp³-hybridized carbons (Fsp3) is 0.900. The van der Waals surface area contributed by atoms with Crippen LogP contribution in [0.3, 0.4) is 0 Å². The van der Waals surface area contributed by atoms with Crippen molar-refractivity contribution in [1.82, 2.24) is 0 Å². The molecule has 12 heavy (non-hydrogen) atoms. The fourth-order valence-electron chi connectivity index (χ4n) is 2.57. The van der Waals surface area contributed by atoms with Crippen LogP contribution in [0.2, 0.25) is 0 Å². The number of hydrogen-bond donors (Lipinski definition) is 0. The van der Waals surface area contributed by atoms with Crippen LogP contribution in [0.15, 0.2) is 0 Å². The number of rotatable bonds is 0. The number of cyclic esters (lactones) is 1. The van der Waals surface area contributed by atoms with Crippen LogP contribution < -0.4 is 0 Å². The van der Waals surface area contributed by atoms with E-state index in [1.807, 2.05) is 0 Å². The smallest absolute Gasteiger partial charge is 0.306 e. The minimum Gasteiger partial charge on any atom is -0.465 e. The summed E-state index contributed by atoms with van der Waals surface area (Å²) in [5, 5.41) is 0. The highest BCUT2D eigenvalue weighted by Crippen LogP contribution is 2.47. The molecule has 2 fully saturated rings. The van der Waals surface area contributed by atoms with E-state index < -0.39 is 0 Å². The zero-order valence-electron chi connectivity index (χ0n) is 7.64. The quantitative estimate of drug-likeness (QED) is 0.518. The highest BCUT2D eigenvalue weighted by Gasteiger charge is 2.45. The van der Waals surface area contributed by atoms with Gasteiger partial charge in [-0.2, -0.15) is 0 Å². The van der Waals surface area contributed by atoms with E-state index in [1.54, 1.807) is 0 Å². The summed E-state index contributed by atoms with van der Waals surface area (Å²) in [6.07, 6.45) is 5.75. The molecule has 1 aliphatic heterocycles. The van der Waals surface area contributed by atoms with E-state index in [0.29, 0.717) is 18.9 Å². The van der Waals surface area contributed by atoms with Gasteiger partial charge >= 0.3 is 5.97 Å². The Morgan fingerprint density at radius 3 is 2.92 bits per heavy atom. The lowest BCUT2D eigenvalue weighted by atomic mass is 9.66. The first-order valence-electron chi connectivity index (χ1n) is 4.89. The Labute approximate surface area is 73.3 Å². The minimum absolute atomic E-state index is 0.0174. The Morgan fingerprint density at radius 1 is 1.50 bits per heavy atom. The molecule has 0 aromatic rings. The highest BCUT2D eigenvalue weighted by atomic mass is 16.5. The maximum absolute atomic E-state index is 11.0. The van der Waals surface area contributed by atoms with Crippen LogP contribution in [-0.2, 0) is 9.53 Å². The summed E-state index contributed by atoms with van der Waals surface area (Å²) in [5.41, 5.74) is 0.231. The number of hydrogen-bond acceptors (Lipinski definition) is 2. The third-order valence-corrected chi connectivity index (χ3v) is 3.62. The van der Waals surface area contributed by atoms with E-state index in [1.165, 1.54) is 25.7 Å². The summed E-state index contributed by atoms with van der Waals surface area (Å²) in [7, 11) is 0. The Kier molecular flexibility index (Phi) is 1.85. The normalized spacial score (nSPS) is 41.8. The molecule has 2 heteroatoms. The van der Waals surface area contributed by atoms with Crippen LogP contribution in [0.25, 0.3) is 0 Å². The second-order valence-corrected chi connectivity index (χ2v) is 4.35. The van der Waals surface area contributed by atoms with Crippen LogP contribution in [0.5, 0.6) is 0 Å². The zero-order chi connectivity index (χ0) is 8.60. The molecule has 2 nitrogen and oxygen atoms in total. The first kappa shape index (κ1) is 8.09. The highest BCUT2D eigenvalue weighted by molar-refractivity contribution is 5.72. The molecular weight excluding hydrogens is 152 g/mol. The van der Waals surface area contributed by atoms with Gasteiger partial charge in [0.25, 0.3) is 0 Å². The Balaban J connectivity index is 2.12. The Hall–Kier alpha value is -0.530. The van der Waals surface area contributed by atoms with Gasteiger partial charge in [-0.25, -0.2) is 0 Å². The first-order chi connectivity index (χ1) is 5.73. The van der Waals surface area contributed by atoms with Gasteiger partial charge in [-0.05, 0) is 12.3 Å².